The highest BCUT2D eigenvalue weighted by Crippen LogP contribution is 2.23. The van der Waals surface area contributed by atoms with Gasteiger partial charge in [0.1, 0.15) is 17.2 Å². The zero-order chi connectivity index (χ0) is 21.7. The molecule has 1 aromatic rings. The van der Waals surface area contributed by atoms with Crippen molar-refractivity contribution in [3.05, 3.63) is 11.6 Å². The maximum absolute atomic E-state index is 12.3. The summed E-state index contributed by atoms with van der Waals surface area (Å²) >= 11 is 0. The van der Waals surface area contributed by atoms with Crippen LogP contribution in [0.2, 0.25) is 0 Å². The van der Waals surface area contributed by atoms with Crippen molar-refractivity contribution in [3.8, 4) is 0 Å². The molecule has 1 unspecified atom stereocenters. The van der Waals surface area contributed by atoms with Crippen LogP contribution in [0.15, 0.2) is 4.99 Å². The van der Waals surface area contributed by atoms with Crippen LogP contribution in [0.1, 0.15) is 78.0 Å². The predicted octanol–water partition coefficient (Wildman–Crippen LogP) is 3.29. The van der Waals surface area contributed by atoms with Crippen LogP contribution in [0, 0.1) is 6.92 Å². The molecule has 1 amide bonds. The molecule has 0 saturated heterocycles. The van der Waals surface area contributed by atoms with Gasteiger partial charge in [0.05, 0.1) is 11.6 Å². The Morgan fingerprint density at radius 1 is 1.30 bits per heavy atom. The van der Waals surface area contributed by atoms with E-state index in [-0.39, 0.29) is 30.0 Å². The molecule has 0 bridgehead atoms. The number of carbonyl (C=O) groups excluding carboxylic acids is 1. The molecule has 1 atom stereocenters. The maximum Gasteiger partial charge on any atom is 0.408 e. The van der Waals surface area contributed by atoms with E-state index in [1.807, 2.05) is 32.4 Å². The van der Waals surface area contributed by atoms with Crippen LogP contribution in [0.25, 0.3) is 0 Å². The molecule has 172 valence electrons. The predicted molar refractivity (Wildman–Crippen MR) is 129 cm³/mol. The van der Waals surface area contributed by atoms with Crippen LogP contribution in [0.5, 0.6) is 0 Å². The zero-order valence-electron chi connectivity index (χ0n) is 19.3. The van der Waals surface area contributed by atoms with Gasteiger partial charge in [-0.3, -0.25) is 4.99 Å². The summed E-state index contributed by atoms with van der Waals surface area (Å²) < 4.78 is 7.42. The van der Waals surface area contributed by atoms with E-state index in [9.17, 15) is 4.79 Å². The number of aryl methyl sites for hydroxylation is 2. The summed E-state index contributed by atoms with van der Waals surface area (Å²) in [5.41, 5.74) is -0.958. The minimum atomic E-state index is -0.530. The molecule has 3 N–H and O–H groups in total. The molecule has 2 heterocycles. The average molecular weight is 535 g/mol. The molecule has 0 aliphatic carbocycles. The molecule has 0 spiro atoms. The van der Waals surface area contributed by atoms with Crippen LogP contribution < -0.4 is 16.0 Å². The van der Waals surface area contributed by atoms with Gasteiger partial charge in [0, 0.05) is 20.1 Å². The van der Waals surface area contributed by atoms with Crippen LogP contribution in [-0.4, -0.2) is 51.5 Å². The quantitative estimate of drug-likeness (QED) is 0.294. The minimum absolute atomic E-state index is 0. The lowest BCUT2D eigenvalue weighted by molar-refractivity contribution is 0.0448. The Balaban J connectivity index is 0.00000450. The summed E-state index contributed by atoms with van der Waals surface area (Å²) in [5.74, 6) is 2.41. The van der Waals surface area contributed by atoms with E-state index < -0.39 is 17.2 Å². The Hall–Kier alpha value is -1.59. The van der Waals surface area contributed by atoms with Gasteiger partial charge in [0.2, 0.25) is 0 Å². The number of aliphatic imine (C=N–C) groups is 1. The first-order valence-corrected chi connectivity index (χ1v) is 10.5. The number of guanidine groups is 1. The Labute approximate surface area is 197 Å². The molecule has 0 radical (unpaired) electrons. The molecule has 10 heteroatoms. The lowest BCUT2D eigenvalue weighted by Crippen LogP contribution is -2.57. The topological polar surface area (TPSA) is 105 Å². The molecule has 1 aliphatic rings. The van der Waals surface area contributed by atoms with Gasteiger partial charge in [0.25, 0.3) is 0 Å². The number of fused-ring (bicyclic) bond motifs is 1. The normalized spacial score (nSPS) is 16.9. The van der Waals surface area contributed by atoms with E-state index in [2.05, 4.69) is 44.9 Å². The highest BCUT2D eigenvalue weighted by atomic mass is 127. The number of hydrogen-bond acceptors (Lipinski definition) is 5. The van der Waals surface area contributed by atoms with Gasteiger partial charge in [-0.15, -0.1) is 24.0 Å². The van der Waals surface area contributed by atoms with E-state index in [4.69, 9.17) is 4.74 Å². The number of rotatable bonds is 6. The average Bonchev–Trinajstić information content (AvgIpc) is 3.03. The van der Waals surface area contributed by atoms with Crippen molar-refractivity contribution >= 4 is 36.0 Å². The summed E-state index contributed by atoms with van der Waals surface area (Å²) in [6, 6.07) is 0.0626. The number of carbonyl (C=O) groups is 1. The lowest BCUT2D eigenvalue weighted by atomic mass is 9.93. The van der Waals surface area contributed by atoms with E-state index in [1.165, 1.54) is 0 Å². The van der Waals surface area contributed by atoms with Crippen molar-refractivity contribution in [2.45, 2.75) is 91.0 Å². The molecule has 9 nitrogen and oxygen atoms in total. The second kappa shape index (κ2) is 11.1. The van der Waals surface area contributed by atoms with Gasteiger partial charge in [-0.25, -0.2) is 14.5 Å². The first-order valence-electron chi connectivity index (χ1n) is 10.5. The summed E-state index contributed by atoms with van der Waals surface area (Å²) in [6.45, 7) is 13.1. The number of halogens is 1. The number of hydrogen-bond donors (Lipinski definition) is 3. The minimum Gasteiger partial charge on any atom is -0.444 e. The van der Waals surface area contributed by atoms with Crippen molar-refractivity contribution in [1.82, 2.24) is 30.7 Å². The maximum atomic E-state index is 12.3. The first kappa shape index (κ1) is 26.4. The smallest absolute Gasteiger partial charge is 0.408 e. The van der Waals surface area contributed by atoms with Crippen LogP contribution in [0.3, 0.4) is 0 Å². The van der Waals surface area contributed by atoms with E-state index in [0.29, 0.717) is 12.5 Å². The number of nitrogens with zero attached hydrogens (tertiary/aromatic N) is 4. The van der Waals surface area contributed by atoms with Gasteiger partial charge >= 0.3 is 6.09 Å². The van der Waals surface area contributed by atoms with Crippen LogP contribution >= 0.6 is 24.0 Å². The Morgan fingerprint density at radius 3 is 2.53 bits per heavy atom. The Morgan fingerprint density at radius 2 is 1.97 bits per heavy atom. The van der Waals surface area contributed by atoms with Gasteiger partial charge < -0.3 is 20.7 Å². The number of ether oxygens (including phenoxy) is 1. The van der Waals surface area contributed by atoms with Gasteiger partial charge in [-0.05, 0) is 53.4 Å². The molecule has 2 rings (SSSR count). The Bertz CT molecular complexity index is 723. The molecule has 1 aromatic heterocycles. The zero-order valence-corrected chi connectivity index (χ0v) is 21.7. The monoisotopic (exact) mass is 535 g/mol. The van der Waals surface area contributed by atoms with Gasteiger partial charge in [-0.2, -0.15) is 5.10 Å². The first-order chi connectivity index (χ1) is 13.6. The molecule has 0 saturated carbocycles. The SMILES string of the molecule is CCC(CC)(CNC(=NC)NC1CCCn2nc(C)nc21)NC(=O)OC(C)(C)C.I. The number of alkyl carbamates (subject to hydrolysis) is 1. The van der Waals surface area contributed by atoms with Crippen molar-refractivity contribution in [2.24, 2.45) is 4.99 Å². The van der Waals surface area contributed by atoms with Crippen molar-refractivity contribution in [3.63, 3.8) is 0 Å². The molecule has 0 fully saturated rings. The van der Waals surface area contributed by atoms with E-state index in [1.54, 1.807) is 7.05 Å². The van der Waals surface area contributed by atoms with Gasteiger partial charge in [0.15, 0.2) is 5.96 Å². The Kier molecular flexibility index (Phi) is 9.83. The van der Waals surface area contributed by atoms with Crippen molar-refractivity contribution in [1.29, 1.82) is 0 Å². The summed E-state index contributed by atoms with van der Waals surface area (Å²) in [7, 11) is 1.75. The highest BCUT2D eigenvalue weighted by molar-refractivity contribution is 14.0. The lowest BCUT2D eigenvalue weighted by Gasteiger charge is -2.35. The second-order valence-corrected chi connectivity index (χ2v) is 8.62. The van der Waals surface area contributed by atoms with Crippen LogP contribution in [0.4, 0.5) is 4.79 Å². The summed E-state index contributed by atoms with van der Waals surface area (Å²) in [5, 5.41) is 14.3. The third kappa shape index (κ3) is 7.28. The third-order valence-electron chi connectivity index (χ3n) is 5.23. The third-order valence-corrected chi connectivity index (χ3v) is 5.23. The fraction of sp³-hybridized carbons (Fsp3) is 0.800. The summed E-state index contributed by atoms with van der Waals surface area (Å²) in [4.78, 5) is 21.3. The van der Waals surface area contributed by atoms with Crippen molar-refractivity contribution in [2.75, 3.05) is 13.6 Å². The standard InChI is InChI=1S/C20H37N7O2.HI/c1-8-20(9-2,25-18(28)29-19(4,5)6)13-22-17(21-7)24-15-11-10-12-27-16(15)23-14(3)26-27;/h15H,8-13H2,1-7H3,(H,25,28)(H2,21,22,24);1H. The summed E-state index contributed by atoms with van der Waals surface area (Å²) in [6.07, 6.45) is 3.15. The van der Waals surface area contributed by atoms with Crippen LogP contribution in [-0.2, 0) is 11.3 Å². The van der Waals surface area contributed by atoms with Crippen molar-refractivity contribution < 1.29 is 9.53 Å². The van der Waals surface area contributed by atoms with E-state index in [0.717, 1.165) is 43.9 Å². The number of aromatic nitrogens is 3. The molecule has 1 aliphatic heterocycles. The van der Waals surface area contributed by atoms with Gasteiger partial charge in [-0.1, -0.05) is 13.8 Å². The largest absolute Gasteiger partial charge is 0.444 e. The molecular weight excluding hydrogens is 497 g/mol. The van der Waals surface area contributed by atoms with E-state index >= 15 is 0 Å². The molecule has 30 heavy (non-hydrogen) atoms. The fourth-order valence-electron chi connectivity index (χ4n) is 3.46. The number of amides is 1. The highest BCUT2D eigenvalue weighted by Gasteiger charge is 2.31. The number of nitrogens with one attached hydrogen (secondary N) is 3. The molecular formula is C20H38IN7O2. The fourth-order valence-corrected chi connectivity index (χ4v) is 3.46. The second-order valence-electron chi connectivity index (χ2n) is 8.62. The molecule has 0 aromatic carbocycles.